The van der Waals surface area contributed by atoms with Gasteiger partial charge >= 0.3 is 0 Å². The fourth-order valence-corrected chi connectivity index (χ4v) is 3.67. The van der Waals surface area contributed by atoms with Crippen molar-refractivity contribution in [3.63, 3.8) is 0 Å². The van der Waals surface area contributed by atoms with Gasteiger partial charge in [0.15, 0.2) is 0 Å². The first-order valence-corrected chi connectivity index (χ1v) is 7.37. The van der Waals surface area contributed by atoms with Gasteiger partial charge in [0, 0.05) is 23.6 Å². The highest BCUT2D eigenvalue weighted by atomic mass is 35.5. The fourth-order valence-electron chi connectivity index (χ4n) is 2.18. The maximum absolute atomic E-state index is 8.94. The Hall–Kier alpha value is -0.220. The molecular weight excluding hydrogens is 254 g/mol. The van der Waals surface area contributed by atoms with E-state index in [1.807, 2.05) is 23.9 Å². The lowest BCUT2D eigenvalue weighted by Crippen LogP contribution is -2.33. The minimum Gasteiger partial charge on any atom is -0.396 e. The van der Waals surface area contributed by atoms with E-state index in [0.29, 0.717) is 12.1 Å². The monoisotopic (exact) mass is 271 g/mol. The molecule has 2 nitrogen and oxygen atoms in total. The van der Waals surface area contributed by atoms with Crippen molar-refractivity contribution in [3.05, 3.63) is 28.8 Å². The standard InChI is InChI=1S/C13H18ClNOS/c1-9(5-7-16)15-12-6-8-17-13-10(12)3-2-4-11(13)14/h2-4,9,12,15-16H,5-8H2,1H3/t9-,12?/m1/s1. The molecule has 4 heteroatoms. The normalized spacial score (nSPS) is 21.0. The van der Waals surface area contributed by atoms with Gasteiger partial charge in [0.25, 0.3) is 0 Å². The second kappa shape index (κ2) is 6.10. The number of benzene rings is 1. The summed E-state index contributed by atoms with van der Waals surface area (Å²) in [6.07, 6.45) is 1.91. The smallest absolute Gasteiger partial charge is 0.0545 e. The van der Waals surface area contributed by atoms with Gasteiger partial charge in [0.05, 0.1) is 5.02 Å². The van der Waals surface area contributed by atoms with E-state index in [-0.39, 0.29) is 6.61 Å². The molecule has 0 fully saturated rings. The molecule has 94 valence electrons. The lowest BCUT2D eigenvalue weighted by atomic mass is 10.0. The third kappa shape index (κ3) is 3.16. The molecule has 0 saturated heterocycles. The van der Waals surface area contributed by atoms with Gasteiger partial charge in [-0.25, -0.2) is 0 Å². The third-order valence-electron chi connectivity index (χ3n) is 3.07. The number of aliphatic hydroxyl groups is 1. The molecule has 1 unspecified atom stereocenters. The minimum absolute atomic E-state index is 0.234. The highest BCUT2D eigenvalue weighted by molar-refractivity contribution is 7.99. The van der Waals surface area contributed by atoms with Crippen molar-refractivity contribution in [2.24, 2.45) is 0 Å². The number of hydrogen-bond donors (Lipinski definition) is 2. The van der Waals surface area contributed by atoms with E-state index in [2.05, 4.69) is 18.3 Å². The Kier molecular flexibility index (Phi) is 4.74. The van der Waals surface area contributed by atoms with Crippen molar-refractivity contribution in [1.82, 2.24) is 5.32 Å². The van der Waals surface area contributed by atoms with Crippen LogP contribution in [0.15, 0.2) is 23.1 Å². The van der Waals surface area contributed by atoms with Crippen molar-refractivity contribution in [2.45, 2.75) is 36.7 Å². The SMILES string of the molecule is C[C@H](CCO)NC1CCSc2c(Cl)cccc21. The van der Waals surface area contributed by atoms with Crippen LogP contribution in [-0.2, 0) is 0 Å². The van der Waals surface area contributed by atoms with Crippen molar-refractivity contribution in [2.75, 3.05) is 12.4 Å². The number of rotatable bonds is 4. The second-order valence-corrected chi connectivity index (χ2v) is 5.94. The van der Waals surface area contributed by atoms with Crippen LogP contribution in [0.2, 0.25) is 5.02 Å². The summed E-state index contributed by atoms with van der Waals surface area (Å²) in [5.41, 5.74) is 1.30. The first kappa shape index (κ1) is 13.2. The van der Waals surface area contributed by atoms with Gasteiger partial charge in [0.1, 0.15) is 0 Å². The summed E-state index contributed by atoms with van der Waals surface area (Å²) in [6, 6.07) is 6.81. The van der Waals surface area contributed by atoms with Crippen LogP contribution >= 0.6 is 23.4 Å². The van der Waals surface area contributed by atoms with E-state index >= 15 is 0 Å². The van der Waals surface area contributed by atoms with E-state index in [9.17, 15) is 0 Å². The van der Waals surface area contributed by atoms with Crippen molar-refractivity contribution in [1.29, 1.82) is 0 Å². The molecule has 17 heavy (non-hydrogen) atoms. The quantitative estimate of drug-likeness (QED) is 0.882. The largest absolute Gasteiger partial charge is 0.396 e. The molecule has 1 aromatic carbocycles. The van der Waals surface area contributed by atoms with Crippen LogP contribution in [0.5, 0.6) is 0 Å². The van der Waals surface area contributed by atoms with Gasteiger partial charge in [-0.15, -0.1) is 11.8 Å². The Morgan fingerprint density at radius 2 is 2.41 bits per heavy atom. The average molecular weight is 272 g/mol. The topological polar surface area (TPSA) is 32.3 Å². The van der Waals surface area contributed by atoms with Crippen LogP contribution in [0.4, 0.5) is 0 Å². The summed E-state index contributed by atoms with van der Waals surface area (Å²) >= 11 is 8.05. The first-order chi connectivity index (χ1) is 8.22. The first-order valence-electron chi connectivity index (χ1n) is 6.00. The van der Waals surface area contributed by atoms with E-state index in [1.54, 1.807) is 0 Å². The molecule has 0 spiro atoms. The maximum Gasteiger partial charge on any atom is 0.0545 e. The van der Waals surface area contributed by atoms with E-state index < -0.39 is 0 Å². The number of thioether (sulfide) groups is 1. The molecule has 0 amide bonds. The molecule has 2 N–H and O–H groups in total. The Bertz CT molecular complexity index is 386. The van der Waals surface area contributed by atoms with Crippen molar-refractivity contribution < 1.29 is 5.11 Å². The molecule has 2 rings (SSSR count). The summed E-state index contributed by atoms with van der Waals surface area (Å²) in [5.74, 6) is 1.10. The summed E-state index contributed by atoms with van der Waals surface area (Å²) in [5, 5.41) is 13.4. The Labute approximate surface area is 112 Å². The zero-order valence-electron chi connectivity index (χ0n) is 9.95. The predicted molar refractivity (Wildman–Crippen MR) is 73.8 cm³/mol. The zero-order valence-corrected chi connectivity index (χ0v) is 11.5. The van der Waals surface area contributed by atoms with Crippen LogP contribution in [0.1, 0.15) is 31.4 Å². The number of fused-ring (bicyclic) bond motifs is 1. The lowest BCUT2D eigenvalue weighted by Gasteiger charge is -2.29. The molecule has 0 saturated carbocycles. The summed E-state index contributed by atoms with van der Waals surface area (Å²) in [6.45, 7) is 2.35. The molecule has 2 atom stereocenters. The van der Waals surface area contributed by atoms with E-state index in [1.165, 1.54) is 10.5 Å². The van der Waals surface area contributed by atoms with Crippen LogP contribution in [0, 0.1) is 0 Å². The van der Waals surface area contributed by atoms with Crippen LogP contribution in [0.3, 0.4) is 0 Å². The minimum atomic E-state index is 0.234. The van der Waals surface area contributed by atoms with Gasteiger partial charge in [-0.1, -0.05) is 23.7 Å². The average Bonchev–Trinajstić information content (AvgIpc) is 2.31. The number of aliphatic hydroxyl groups excluding tert-OH is 1. The van der Waals surface area contributed by atoms with Crippen LogP contribution in [-0.4, -0.2) is 23.5 Å². The summed E-state index contributed by atoms with van der Waals surface area (Å²) in [7, 11) is 0. The summed E-state index contributed by atoms with van der Waals surface area (Å²) < 4.78 is 0. The van der Waals surface area contributed by atoms with Crippen molar-refractivity contribution >= 4 is 23.4 Å². The Balaban J connectivity index is 2.14. The Morgan fingerprint density at radius 1 is 1.59 bits per heavy atom. The molecule has 1 heterocycles. The number of nitrogens with one attached hydrogen (secondary N) is 1. The molecule has 0 bridgehead atoms. The van der Waals surface area contributed by atoms with Crippen molar-refractivity contribution in [3.8, 4) is 0 Å². The molecule has 0 radical (unpaired) electrons. The second-order valence-electron chi connectivity index (χ2n) is 4.43. The van der Waals surface area contributed by atoms with Crippen LogP contribution in [0.25, 0.3) is 0 Å². The predicted octanol–water partition coefficient (Wildman–Crippen LogP) is 3.24. The third-order valence-corrected chi connectivity index (χ3v) is 4.68. The molecule has 0 aliphatic carbocycles. The molecule has 1 aliphatic heterocycles. The highest BCUT2D eigenvalue weighted by Gasteiger charge is 2.23. The van der Waals surface area contributed by atoms with Crippen LogP contribution < -0.4 is 5.32 Å². The van der Waals surface area contributed by atoms with Gasteiger partial charge in [-0.05, 0) is 37.1 Å². The fraction of sp³-hybridized carbons (Fsp3) is 0.538. The molecular formula is C13H18ClNOS. The molecule has 0 aromatic heterocycles. The highest BCUT2D eigenvalue weighted by Crippen LogP contribution is 2.40. The molecule has 1 aliphatic rings. The zero-order chi connectivity index (χ0) is 12.3. The van der Waals surface area contributed by atoms with Gasteiger partial charge < -0.3 is 10.4 Å². The Morgan fingerprint density at radius 3 is 3.18 bits per heavy atom. The summed E-state index contributed by atoms with van der Waals surface area (Å²) in [4.78, 5) is 1.22. The number of hydrogen-bond acceptors (Lipinski definition) is 3. The molecule has 1 aromatic rings. The number of halogens is 1. The van der Waals surface area contributed by atoms with Gasteiger partial charge in [0.2, 0.25) is 0 Å². The van der Waals surface area contributed by atoms with Gasteiger partial charge in [-0.3, -0.25) is 0 Å². The van der Waals surface area contributed by atoms with E-state index in [0.717, 1.165) is 23.6 Å². The van der Waals surface area contributed by atoms with E-state index in [4.69, 9.17) is 16.7 Å². The van der Waals surface area contributed by atoms with Gasteiger partial charge in [-0.2, -0.15) is 0 Å². The lowest BCUT2D eigenvalue weighted by molar-refractivity contribution is 0.262. The maximum atomic E-state index is 8.94.